The number of carbonyl (C=O) groups is 4. The van der Waals surface area contributed by atoms with Crippen molar-refractivity contribution in [2.45, 2.75) is 382 Å². The fraction of sp³-hybridized carbons (Fsp3) is 0.945. The fourth-order valence-electron chi connectivity index (χ4n) is 11.0. The second-order valence-corrected chi connectivity index (χ2v) is 30.7. The molecule has 0 aliphatic heterocycles. The van der Waals surface area contributed by atoms with Crippen molar-refractivity contribution in [1.29, 1.82) is 0 Å². The van der Waals surface area contributed by atoms with Crippen LogP contribution in [0.4, 0.5) is 0 Å². The third-order valence-corrected chi connectivity index (χ3v) is 19.4. The van der Waals surface area contributed by atoms with E-state index in [1.807, 2.05) is 0 Å². The largest absolute Gasteiger partial charge is 0.472 e. The lowest BCUT2D eigenvalue weighted by molar-refractivity contribution is -0.161. The summed E-state index contributed by atoms with van der Waals surface area (Å²) in [4.78, 5) is 72.7. The van der Waals surface area contributed by atoms with Crippen LogP contribution in [-0.2, 0) is 65.4 Å². The SMILES string of the molecule is CCC(C)CCCCCCCCCCCCC(=O)OC[C@H](COP(=O)(O)OC[C@@H](O)COP(=O)(O)OC[C@@H](COC(=O)CCCCCCCCC(C)C)OC(=O)CCCCCCCCCCC(C)CC)OC(=O)CCCCCCCCCCCCCCCCC(C)C. The highest BCUT2D eigenvalue weighted by atomic mass is 31.2. The molecule has 0 aliphatic rings. The lowest BCUT2D eigenvalue weighted by Gasteiger charge is -2.21. The van der Waals surface area contributed by atoms with Crippen molar-refractivity contribution in [3.8, 4) is 0 Å². The molecule has 0 spiro atoms. The van der Waals surface area contributed by atoms with Crippen LogP contribution in [0.5, 0.6) is 0 Å². The van der Waals surface area contributed by atoms with Crippen LogP contribution in [0.2, 0.25) is 0 Å². The first-order valence-corrected chi connectivity index (χ1v) is 40.8. The molecule has 3 N–H and O–H groups in total. The van der Waals surface area contributed by atoms with Gasteiger partial charge in [-0.1, -0.05) is 312 Å². The number of aliphatic hydroxyl groups excluding tert-OH is 1. The number of carbonyl (C=O) groups excluding carboxylic acids is 4. The molecular formula is C73H142O17P2. The highest BCUT2D eigenvalue weighted by Crippen LogP contribution is 2.45. The van der Waals surface area contributed by atoms with Gasteiger partial charge in [0.15, 0.2) is 12.2 Å². The molecular weight excluding hydrogens is 1210 g/mol. The van der Waals surface area contributed by atoms with Crippen LogP contribution in [-0.4, -0.2) is 96.7 Å². The van der Waals surface area contributed by atoms with Gasteiger partial charge < -0.3 is 33.8 Å². The Balaban J connectivity index is 5.25. The van der Waals surface area contributed by atoms with Gasteiger partial charge in [0.05, 0.1) is 26.4 Å². The van der Waals surface area contributed by atoms with E-state index in [1.165, 1.54) is 161 Å². The second-order valence-electron chi connectivity index (χ2n) is 27.8. The Morgan fingerprint density at radius 1 is 0.304 bits per heavy atom. The Hall–Kier alpha value is -1.94. The van der Waals surface area contributed by atoms with Gasteiger partial charge in [-0.05, 0) is 49.4 Å². The summed E-state index contributed by atoms with van der Waals surface area (Å²) < 4.78 is 68.4. The molecule has 17 nitrogen and oxygen atoms in total. The molecule has 0 aromatic carbocycles. The Bertz CT molecular complexity index is 1820. The van der Waals surface area contributed by atoms with Gasteiger partial charge in [-0.25, -0.2) is 9.13 Å². The summed E-state index contributed by atoms with van der Waals surface area (Å²) in [6.45, 7) is 14.1. The van der Waals surface area contributed by atoms with Crippen LogP contribution in [0.1, 0.15) is 364 Å². The van der Waals surface area contributed by atoms with Crippen LogP contribution in [0, 0.1) is 23.7 Å². The minimum Gasteiger partial charge on any atom is -0.462 e. The number of hydrogen-bond donors (Lipinski definition) is 3. The van der Waals surface area contributed by atoms with E-state index in [0.29, 0.717) is 31.6 Å². The van der Waals surface area contributed by atoms with Gasteiger partial charge in [0.25, 0.3) is 0 Å². The molecule has 7 atom stereocenters. The molecule has 0 saturated heterocycles. The zero-order valence-electron chi connectivity index (χ0n) is 60.2. The van der Waals surface area contributed by atoms with E-state index in [0.717, 1.165) is 114 Å². The van der Waals surface area contributed by atoms with Gasteiger partial charge in [0.1, 0.15) is 19.3 Å². The van der Waals surface area contributed by atoms with Crippen LogP contribution in [0.25, 0.3) is 0 Å². The molecule has 0 radical (unpaired) electrons. The van der Waals surface area contributed by atoms with E-state index < -0.39 is 97.5 Å². The summed E-state index contributed by atoms with van der Waals surface area (Å²) in [5, 5.41) is 10.6. The van der Waals surface area contributed by atoms with Crippen molar-refractivity contribution in [1.82, 2.24) is 0 Å². The molecule has 0 aromatic rings. The van der Waals surface area contributed by atoms with E-state index in [9.17, 15) is 43.2 Å². The highest BCUT2D eigenvalue weighted by Gasteiger charge is 2.30. The Morgan fingerprint density at radius 2 is 0.522 bits per heavy atom. The van der Waals surface area contributed by atoms with Crippen LogP contribution in [0.3, 0.4) is 0 Å². The van der Waals surface area contributed by atoms with E-state index in [-0.39, 0.29) is 25.7 Å². The molecule has 546 valence electrons. The summed E-state index contributed by atoms with van der Waals surface area (Å²) in [6, 6.07) is 0. The lowest BCUT2D eigenvalue weighted by atomic mass is 9.99. The molecule has 0 aliphatic carbocycles. The van der Waals surface area contributed by atoms with E-state index in [2.05, 4.69) is 55.4 Å². The first-order valence-electron chi connectivity index (χ1n) is 37.8. The first-order chi connectivity index (χ1) is 44.2. The molecule has 0 bridgehead atoms. The summed E-state index contributed by atoms with van der Waals surface area (Å²) in [7, 11) is -9.91. The third-order valence-electron chi connectivity index (χ3n) is 17.5. The predicted molar refractivity (Wildman–Crippen MR) is 372 cm³/mol. The average Bonchev–Trinajstić information content (AvgIpc) is 3.64. The summed E-state index contributed by atoms with van der Waals surface area (Å²) >= 11 is 0. The number of unbranched alkanes of at least 4 members (excludes halogenated alkanes) is 34. The lowest BCUT2D eigenvalue weighted by Crippen LogP contribution is -2.30. The van der Waals surface area contributed by atoms with Gasteiger partial charge in [-0.15, -0.1) is 0 Å². The number of esters is 4. The Labute approximate surface area is 562 Å². The number of phosphoric acid groups is 2. The number of phosphoric ester groups is 2. The monoisotopic (exact) mass is 1350 g/mol. The number of ether oxygens (including phenoxy) is 4. The summed E-state index contributed by atoms with van der Waals surface area (Å²) in [5.41, 5.74) is 0. The maximum absolute atomic E-state index is 13.1. The molecule has 92 heavy (non-hydrogen) atoms. The van der Waals surface area contributed by atoms with Crippen LogP contribution < -0.4 is 0 Å². The Morgan fingerprint density at radius 3 is 0.772 bits per heavy atom. The topological polar surface area (TPSA) is 237 Å². The van der Waals surface area contributed by atoms with Gasteiger partial charge in [-0.3, -0.25) is 37.3 Å². The normalized spacial score (nSPS) is 14.8. The van der Waals surface area contributed by atoms with Crippen molar-refractivity contribution < 1.29 is 80.2 Å². The van der Waals surface area contributed by atoms with Gasteiger partial charge in [0.2, 0.25) is 0 Å². The van der Waals surface area contributed by atoms with Gasteiger partial charge in [0, 0.05) is 25.7 Å². The first kappa shape index (κ1) is 90.1. The van der Waals surface area contributed by atoms with Crippen LogP contribution >= 0.6 is 15.6 Å². The van der Waals surface area contributed by atoms with Crippen molar-refractivity contribution in [3.05, 3.63) is 0 Å². The van der Waals surface area contributed by atoms with Crippen molar-refractivity contribution >= 4 is 39.5 Å². The van der Waals surface area contributed by atoms with Gasteiger partial charge >= 0.3 is 39.5 Å². The smallest absolute Gasteiger partial charge is 0.462 e. The van der Waals surface area contributed by atoms with E-state index in [1.54, 1.807) is 0 Å². The van der Waals surface area contributed by atoms with E-state index >= 15 is 0 Å². The van der Waals surface area contributed by atoms with Gasteiger partial charge in [-0.2, -0.15) is 0 Å². The minimum atomic E-state index is -4.96. The molecule has 0 heterocycles. The summed E-state index contributed by atoms with van der Waals surface area (Å²) in [6.07, 6.45) is 45.8. The quantitative estimate of drug-likeness (QED) is 0.0222. The van der Waals surface area contributed by atoms with Crippen molar-refractivity contribution in [3.63, 3.8) is 0 Å². The minimum absolute atomic E-state index is 0.103. The molecule has 0 amide bonds. The summed E-state index contributed by atoms with van der Waals surface area (Å²) in [5.74, 6) is 0.926. The fourth-order valence-corrected chi connectivity index (χ4v) is 12.5. The predicted octanol–water partition coefficient (Wildman–Crippen LogP) is 20.9. The molecule has 0 aromatic heterocycles. The number of aliphatic hydroxyl groups is 1. The molecule has 0 saturated carbocycles. The zero-order chi connectivity index (χ0) is 68.2. The third kappa shape index (κ3) is 64.1. The van der Waals surface area contributed by atoms with Crippen molar-refractivity contribution in [2.75, 3.05) is 39.6 Å². The molecule has 4 unspecified atom stereocenters. The molecule has 0 fully saturated rings. The van der Waals surface area contributed by atoms with Crippen LogP contribution in [0.15, 0.2) is 0 Å². The van der Waals surface area contributed by atoms with Crippen molar-refractivity contribution in [2.24, 2.45) is 23.7 Å². The molecule has 19 heteroatoms. The highest BCUT2D eigenvalue weighted by molar-refractivity contribution is 7.47. The maximum Gasteiger partial charge on any atom is 0.472 e. The maximum atomic E-state index is 13.1. The number of hydrogen-bond acceptors (Lipinski definition) is 15. The second kappa shape index (κ2) is 62.6. The standard InChI is InChI=1S/C73H142O17P2/c1-9-65(7)51-43-35-26-20-17-18-21-28-37-45-53-70(75)83-59-68(89-72(77)55-47-39-29-22-16-14-12-11-13-15-19-25-33-41-49-63(3)4)61-87-91(79,80)85-57-67(74)58-86-92(81,82)88-62-69(60-84-71(76)54-46-38-32-31-34-42-50-64(5)6)90-73(78)56-48-40-30-24-23-27-36-44-52-66(8)10-2/h63-69,74H,9-62H2,1-8H3,(H,79,80)(H,81,82)/t65?,66?,67-,68-,69-/m1/s1. The Kier molecular flexibility index (Phi) is 61.3. The molecule has 0 rings (SSSR count). The number of rotatable bonds is 70. The van der Waals surface area contributed by atoms with E-state index in [4.69, 9.17) is 37.0 Å². The zero-order valence-corrected chi connectivity index (χ0v) is 62.0. The average molecular weight is 1350 g/mol.